The van der Waals surface area contributed by atoms with Crippen LogP contribution in [0.1, 0.15) is 24.1 Å². The molecule has 0 spiro atoms. The molecule has 0 aliphatic heterocycles. The van der Waals surface area contributed by atoms with Gasteiger partial charge in [0.05, 0.1) is 10.2 Å². The number of hydrogen-bond acceptors (Lipinski definition) is 4. The molecule has 2 aromatic heterocycles. The van der Waals surface area contributed by atoms with E-state index in [4.69, 9.17) is 0 Å². The second-order valence-electron chi connectivity index (χ2n) is 4.74. The van der Waals surface area contributed by atoms with Gasteiger partial charge in [-0.2, -0.15) is 0 Å². The van der Waals surface area contributed by atoms with E-state index in [-0.39, 0.29) is 11.9 Å². The van der Waals surface area contributed by atoms with Gasteiger partial charge >= 0.3 is 0 Å². The summed E-state index contributed by atoms with van der Waals surface area (Å²) in [5, 5.41) is 5.45. The fourth-order valence-corrected chi connectivity index (χ4v) is 3.07. The molecule has 0 bridgehead atoms. The maximum Gasteiger partial charge on any atom is 0.147 e. The third kappa shape index (κ3) is 2.36. The van der Waals surface area contributed by atoms with Crippen LogP contribution in [-0.2, 0) is 0 Å². The smallest absolute Gasteiger partial charge is 0.147 e. The maximum atomic E-state index is 12.9. The molecule has 3 nitrogen and oxygen atoms in total. The van der Waals surface area contributed by atoms with Crippen LogP contribution >= 0.6 is 11.3 Å². The minimum absolute atomic E-state index is 0.0520. The van der Waals surface area contributed by atoms with Crippen molar-refractivity contribution < 1.29 is 4.39 Å². The molecule has 20 heavy (non-hydrogen) atoms. The molecule has 3 rings (SSSR count). The zero-order valence-electron chi connectivity index (χ0n) is 11.2. The van der Waals surface area contributed by atoms with Crippen LogP contribution in [0.5, 0.6) is 0 Å². The molecular weight excluding hydrogens is 273 g/mol. The lowest BCUT2D eigenvalue weighted by molar-refractivity contribution is 0.626. The Balaban J connectivity index is 1.91. The summed E-state index contributed by atoms with van der Waals surface area (Å²) in [5.74, 6) is 0.601. The van der Waals surface area contributed by atoms with Crippen molar-refractivity contribution in [3.8, 4) is 0 Å². The molecule has 1 aromatic carbocycles. The average molecular weight is 287 g/mol. The van der Waals surface area contributed by atoms with Gasteiger partial charge in [0.1, 0.15) is 18.0 Å². The Morgan fingerprint density at radius 3 is 2.70 bits per heavy atom. The van der Waals surface area contributed by atoms with E-state index in [0.717, 1.165) is 27.2 Å². The van der Waals surface area contributed by atoms with Crippen LogP contribution in [0.3, 0.4) is 0 Å². The molecule has 0 radical (unpaired) electrons. The van der Waals surface area contributed by atoms with E-state index in [1.54, 1.807) is 29.8 Å². The van der Waals surface area contributed by atoms with E-state index >= 15 is 0 Å². The van der Waals surface area contributed by atoms with Crippen LogP contribution < -0.4 is 5.32 Å². The predicted molar refractivity (Wildman–Crippen MR) is 80.6 cm³/mol. The molecule has 1 N–H and O–H groups in total. The van der Waals surface area contributed by atoms with Crippen molar-refractivity contribution in [1.29, 1.82) is 0 Å². The molecule has 0 fully saturated rings. The fourth-order valence-electron chi connectivity index (χ4n) is 2.11. The van der Waals surface area contributed by atoms with Crippen molar-refractivity contribution in [1.82, 2.24) is 9.97 Å². The number of nitrogens with zero attached hydrogens (tertiary/aromatic N) is 2. The van der Waals surface area contributed by atoms with E-state index in [2.05, 4.69) is 20.7 Å². The molecule has 0 aliphatic carbocycles. The van der Waals surface area contributed by atoms with E-state index in [1.165, 1.54) is 12.1 Å². The Morgan fingerprint density at radius 1 is 1.20 bits per heavy atom. The first kappa shape index (κ1) is 13.0. The molecule has 102 valence electrons. The van der Waals surface area contributed by atoms with Gasteiger partial charge in [-0.1, -0.05) is 12.1 Å². The van der Waals surface area contributed by atoms with Crippen LogP contribution in [0.25, 0.3) is 10.2 Å². The Hall–Kier alpha value is -2.01. The summed E-state index contributed by atoms with van der Waals surface area (Å²) >= 11 is 1.63. The van der Waals surface area contributed by atoms with E-state index in [9.17, 15) is 4.39 Å². The highest BCUT2D eigenvalue weighted by Crippen LogP contribution is 2.30. The van der Waals surface area contributed by atoms with Crippen molar-refractivity contribution in [2.45, 2.75) is 19.9 Å². The Morgan fingerprint density at radius 2 is 1.95 bits per heavy atom. The zero-order valence-corrected chi connectivity index (χ0v) is 12.0. The summed E-state index contributed by atoms with van der Waals surface area (Å²) in [6, 6.07) is 6.56. The highest BCUT2D eigenvalue weighted by Gasteiger charge is 2.11. The maximum absolute atomic E-state index is 12.9. The topological polar surface area (TPSA) is 37.8 Å². The van der Waals surface area contributed by atoms with Crippen LogP contribution in [0.15, 0.2) is 36.0 Å². The SMILES string of the molecule is Cc1csc2c(NC(C)c3ccc(F)cc3)ncnc12. The number of hydrogen-bond donors (Lipinski definition) is 1. The largest absolute Gasteiger partial charge is 0.362 e. The molecule has 0 saturated carbocycles. The Bertz CT molecular complexity index is 736. The standard InChI is InChI=1S/C15H14FN3S/c1-9-7-20-14-13(9)17-8-18-15(14)19-10(2)11-3-5-12(16)6-4-11/h3-8,10H,1-2H3,(H,17,18,19). The molecule has 0 aliphatic rings. The zero-order chi connectivity index (χ0) is 14.1. The lowest BCUT2D eigenvalue weighted by Gasteiger charge is -2.15. The lowest BCUT2D eigenvalue weighted by Crippen LogP contribution is -2.08. The molecule has 2 heterocycles. The minimum Gasteiger partial charge on any atom is -0.362 e. The van der Waals surface area contributed by atoms with Crippen LogP contribution in [0.4, 0.5) is 10.2 Å². The molecule has 0 saturated heterocycles. The summed E-state index contributed by atoms with van der Waals surface area (Å²) in [7, 11) is 0. The van der Waals surface area contributed by atoms with Gasteiger partial charge < -0.3 is 5.32 Å². The van der Waals surface area contributed by atoms with Gasteiger partial charge in [-0.05, 0) is 42.5 Å². The quantitative estimate of drug-likeness (QED) is 0.780. The van der Waals surface area contributed by atoms with Crippen molar-refractivity contribution in [3.05, 3.63) is 52.9 Å². The first-order chi connectivity index (χ1) is 9.65. The first-order valence-electron chi connectivity index (χ1n) is 6.36. The first-order valence-corrected chi connectivity index (χ1v) is 7.24. The molecule has 3 aromatic rings. The predicted octanol–water partition coefficient (Wildman–Crippen LogP) is 4.31. The van der Waals surface area contributed by atoms with E-state index < -0.39 is 0 Å². The van der Waals surface area contributed by atoms with Gasteiger partial charge in [0, 0.05) is 6.04 Å². The van der Waals surface area contributed by atoms with Gasteiger partial charge in [0.25, 0.3) is 0 Å². The molecule has 0 amide bonds. The molecule has 1 atom stereocenters. The normalized spacial score (nSPS) is 12.6. The van der Waals surface area contributed by atoms with Crippen molar-refractivity contribution in [2.75, 3.05) is 5.32 Å². The van der Waals surface area contributed by atoms with Gasteiger partial charge in [0.2, 0.25) is 0 Å². The third-order valence-corrected chi connectivity index (χ3v) is 4.35. The summed E-state index contributed by atoms with van der Waals surface area (Å²) in [4.78, 5) is 8.62. The average Bonchev–Trinajstić information content (AvgIpc) is 2.82. The molecule has 5 heteroatoms. The number of aryl methyl sites for hydroxylation is 1. The second kappa shape index (κ2) is 5.17. The van der Waals surface area contributed by atoms with Gasteiger partial charge in [0.15, 0.2) is 0 Å². The number of halogens is 1. The van der Waals surface area contributed by atoms with Crippen LogP contribution in [0.2, 0.25) is 0 Å². The Kier molecular flexibility index (Phi) is 3.36. The number of thiophene rings is 1. The van der Waals surface area contributed by atoms with Crippen molar-refractivity contribution in [2.24, 2.45) is 0 Å². The van der Waals surface area contributed by atoms with Gasteiger partial charge in [-0.15, -0.1) is 11.3 Å². The fraction of sp³-hybridized carbons (Fsp3) is 0.200. The summed E-state index contributed by atoms with van der Waals surface area (Å²) in [6.45, 7) is 4.07. The summed E-state index contributed by atoms with van der Waals surface area (Å²) in [5.41, 5.74) is 3.16. The van der Waals surface area contributed by atoms with Crippen LogP contribution in [-0.4, -0.2) is 9.97 Å². The highest BCUT2D eigenvalue weighted by molar-refractivity contribution is 7.18. The number of anilines is 1. The van der Waals surface area contributed by atoms with Gasteiger partial charge in [-0.3, -0.25) is 0 Å². The highest BCUT2D eigenvalue weighted by atomic mass is 32.1. The van der Waals surface area contributed by atoms with E-state index in [1.807, 2.05) is 13.8 Å². The third-order valence-electron chi connectivity index (χ3n) is 3.25. The number of rotatable bonds is 3. The number of benzene rings is 1. The van der Waals surface area contributed by atoms with Crippen LogP contribution in [0, 0.1) is 12.7 Å². The van der Waals surface area contributed by atoms with E-state index in [0.29, 0.717) is 0 Å². The van der Waals surface area contributed by atoms with Crippen molar-refractivity contribution >= 4 is 27.4 Å². The number of nitrogens with one attached hydrogen (secondary N) is 1. The lowest BCUT2D eigenvalue weighted by atomic mass is 10.1. The molecule has 1 unspecified atom stereocenters. The van der Waals surface area contributed by atoms with Gasteiger partial charge in [-0.25, -0.2) is 14.4 Å². The van der Waals surface area contributed by atoms with Crippen molar-refractivity contribution in [3.63, 3.8) is 0 Å². The summed E-state index contributed by atoms with van der Waals surface area (Å²) < 4.78 is 14.0. The molecular formula is C15H14FN3S. The second-order valence-corrected chi connectivity index (χ2v) is 5.62. The monoisotopic (exact) mass is 287 g/mol. The minimum atomic E-state index is -0.223. The number of aromatic nitrogens is 2. The Labute approximate surface area is 120 Å². The summed E-state index contributed by atoms with van der Waals surface area (Å²) in [6.07, 6.45) is 1.57. The number of fused-ring (bicyclic) bond motifs is 1.